The molecule has 1 aliphatic heterocycles. The number of carbonyl (C=O) groups is 2. The van der Waals surface area contributed by atoms with Crippen molar-refractivity contribution in [2.45, 2.75) is 25.7 Å². The van der Waals surface area contributed by atoms with Gasteiger partial charge in [0.05, 0.1) is 12.5 Å². The quantitative estimate of drug-likeness (QED) is 0.534. The average Bonchev–Trinajstić information content (AvgIpc) is 3.18. The first-order valence-electron chi connectivity index (χ1n) is 9.69. The standard InChI is InChI=1S/C17H20N2O3.C6H4/c1-3-22-17(21)13-9-18-8-12(10(2)20)15-11-6-4-5-7-14(11)19-16(13)15;1-2-5-4-6(5)3-1/h4-7,12-13,18-19H,3,8-9H2,1-2H3;1-4H. The summed E-state index contributed by atoms with van der Waals surface area (Å²) < 4.78 is 5.20. The molecule has 1 aromatic carbocycles. The molecule has 0 radical (unpaired) electrons. The Labute approximate surface area is 164 Å². The van der Waals surface area contributed by atoms with Crippen molar-refractivity contribution in [3.8, 4) is 11.1 Å². The summed E-state index contributed by atoms with van der Waals surface area (Å²) in [7, 11) is 0. The van der Waals surface area contributed by atoms with E-state index in [1.54, 1.807) is 13.8 Å². The van der Waals surface area contributed by atoms with Crippen LogP contribution in [0.25, 0.3) is 22.0 Å². The number of nitrogens with one attached hydrogen (secondary N) is 2. The van der Waals surface area contributed by atoms with Gasteiger partial charge in [-0.25, -0.2) is 0 Å². The van der Waals surface area contributed by atoms with Crippen LogP contribution < -0.4 is 5.32 Å². The van der Waals surface area contributed by atoms with Gasteiger partial charge >= 0.3 is 5.97 Å². The molecule has 2 aromatic rings. The van der Waals surface area contributed by atoms with Crippen LogP contribution in [0.15, 0.2) is 48.5 Å². The Kier molecular flexibility index (Phi) is 5.01. The predicted octanol–water partition coefficient (Wildman–Crippen LogP) is 3.76. The van der Waals surface area contributed by atoms with E-state index >= 15 is 0 Å². The van der Waals surface area contributed by atoms with Gasteiger partial charge in [0.15, 0.2) is 0 Å². The molecule has 2 heterocycles. The fourth-order valence-electron chi connectivity index (χ4n) is 3.88. The molecular formula is C23H24N2O3. The summed E-state index contributed by atoms with van der Waals surface area (Å²) in [5, 5.41) is 4.23. The second-order valence-electron chi connectivity index (χ2n) is 7.20. The number of carbonyl (C=O) groups excluding carboxylic acids is 2. The van der Waals surface area contributed by atoms with Gasteiger partial charge in [-0.3, -0.25) is 9.59 Å². The zero-order chi connectivity index (χ0) is 19.7. The molecule has 0 fully saturated rings. The Hall–Kier alpha value is -2.92. The Morgan fingerprint density at radius 3 is 2.36 bits per heavy atom. The van der Waals surface area contributed by atoms with Crippen molar-refractivity contribution in [1.82, 2.24) is 10.3 Å². The number of ether oxygens (including phenoxy) is 1. The molecule has 5 heteroatoms. The van der Waals surface area contributed by atoms with Crippen LogP contribution in [-0.4, -0.2) is 36.4 Å². The minimum atomic E-state index is -0.410. The zero-order valence-corrected chi connectivity index (χ0v) is 16.1. The number of para-hydroxylation sites is 1. The summed E-state index contributed by atoms with van der Waals surface area (Å²) in [6.07, 6.45) is 0. The summed E-state index contributed by atoms with van der Waals surface area (Å²) in [4.78, 5) is 27.7. The smallest absolute Gasteiger partial charge is 0.316 e. The molecule has 0 saturated carbocycles. The van der Waals surface area contributed by atoms with Crippen LogP contribution in [-0.2, 0) is 14.3 Å². The molecule has 5 nitrogen and oxygen atoms in total. The highest BCUT2D eigenvalue weighted by molar-refractivity contribution is 5.95. The molecule has 144 valence electrons. The van der Waals surface area contributed by atoms with Gasteiger partial charge in [-0.1, -0.05) is 36.4 Å². The minimum absolute atomic E-state index is 0.100. The second kappa shape index (κ2) is 7.60. The first kappa shape index (κ1) is 18.4. The third kappa shape index (κ3) is 3.45. The van der Waals surface area contributed by atoms with Crippen LogP contribution in [0.2, 0.25) is 0 Å². The van der Waals surface area contributed by atoms with Crippen molar-refractivity contribution < 1.29 is 14.3 Å². The van der Waals surface area contributed by atoms with E-state index in [1.807, 2.05) is 24.3 Å². The van der Waals surface area contributed by atoms with Gasteiger partial charge < -0.3 is 15.0 Å². The van der Waals surface area contributed by atoms with Crippen LogP contribution in [0, 0.1) is 0 Å². The third-order valence-electron chi connectivity index (χ3n) is 5.34. The third-order valence-corrected chi connectivity index (χ3v) is 5.34. The molecular weight excluding hydrogens is 352 g/mol. The van der Waals surface area contributed by atoms with Crippen molar-refractivity contribution in [3.05, 3.63) is 59.8 Å². The molecule has 28 heavy (non-hydrogen) atoms. The van der Waals surface area contributed by atoms with Gasteiger partial charge in [-0.2, -0.15) is 0 Å². The first-order valence-corrected chi connectivity index (χ1v) is 9.69. The second-order valence-corrected chi connectivity index (χ2v) is 7.20. The topological polar surface area (TPSA) is 71.2 Å². The maximum Gasteiger partial charge on any atom is 0.316 e. The highest BCUT2D eigenvalue weighted by atomic mass is 16.5. The Morgan fingerprint density at radius 1 is 1.04 bits per heavy atom. The van der Waals surface area contributed by atoms with Crippen LogP contribution in [0.5, 0.6) is 0 Å². The molecule has 2 aliphatic carbocycles. The fourth-order valence-corrected chi connectivity index (χ4v) is 3.88. The maximum absolute atomic E-state index is 12.3. The number of aromatic nitrogens is 1. The number of fused-ring (bicyclic) bond motifs is 4. The molecule has 2 unspecified atom stereocenters. The minimum Gasteiger partial charge on any atom is -0.465 e. The van der Waals surface area contributed by atoms with E-state index < -0.39 is 5.92 Å². The largest absolute Gasteiger partial charge is 0.465 e. The number of aromatic amines is 1. The number of benzene rings is 2. The highest BCUT2D eigenvalue weighted by Crippen LogP contribution is 2.36. The molecule has 0 saturated heterocycles. The van der Waals surface area contributed by atoms with Crippen molar-refractivity contribution in [2.24, 2.45) is 0 Å². The molecule has 0 spiro atoms. The Balaban J connectivity index is 0.000000268. The van der Waals surface area contributed by atoms with Gasteiger partial charge in [-0.15, -0.1) is 0 Å². The van der Waals surface area contributed by atoms with E-state index in [1.165, 1.54) is 11.1 Å². The van der Waals surface area contributed by atoms with Gasteiger partial charge in [0.1, 0.15) is 11.7 Å². The fraction of sp³-hybridized carbons (Fsp3) is 0.304. The first-order chi connectivity index (χ1) is 13.6. The average molecular weight is 376 g/mol. The summed E-state index contributed by atoms with van der Waals surface area (Å²) in [6, 6.07) is 16.3. The van der Waals surface area contributed by atoms with Crippen LogP contribution >= 0.6 is 0 Å². The monoisotopic (exact) mass is 376 g/mol. The molecule has 2 atom stereocenters. The number of Topliss-reactive ketones (excluding diaryl/α,β-unsaturated/α-hetero) is 1. The number of esters is 1. The molecule has 0 amide bonds. The maximum atomic E-state index is 12.3. The Bertz CT molecular complexity index is 1020. The molecule has 0 bridgehead atoms. The Morgan fingerprint density at radius 2 is 1.75 bits per heavy atom. The summed E-state index contributed by atoms with van der Waals surface area (Å²) in [5.74, 6) is -0.813. The van der Waals surface area contributed by atoms with Crippen molar-refractivity contribution in [2.75, 3.05) is 19.7 Å². The van der Waals surface area contributed by atoms with E-state index in [9.17, 15) is 9.59 Å². The van der Waals surface area contributed by atoms with Crippen molar-refractivity contribution >= 4 is 22.7 Å². The lowest BCUT2D eigenvalue weighted by Crippen LogP contribution is -2.28. The number of rotatable bonds is 3. The molecule has 3 aliphatic rings. The van der Waals surface area contributed by atoms with Gasteiger partial charge in [0.2, 0.25) is 0 Å². The SMILES string of the molecule is CCOC(=O)C1CNCC(C(C)=O)c2c1[nH]c1ccccc21.c1cc2cc-2c1. The molecule has 1 aromatic heterocycles. The lowest BCUT2D eigenvalue weighted by Gasteiger charge is -2.14. The van der Waals surface area contributed by atoms with E-state index in [2.05, 4.69) is 34.6 Å². The number of ketones is 1. The van der Waals surface area contributed by atoms with Crippen LogP contribution in [0.1, 0.15) is 36.9 Å². The van der Waals surface area contributed by atoms with Crippen molar-refractivity contribution in [3.63, 3.8) is 0 Å². The lowest BCUT2D eigenvalue weighted by atomic mass is 9.90. The van der Waals surface area contributed by atoms with E-state index in [0.717, 1.165) is 22.2 Å². The highest BCUT2D eigenvalue weighted by Gasteiger charge is 2.34. The summed E-state index contributed by atoms with van der Waals surface area (Å²) in [6.45, 7) is 4.76. The van der Waals surface area contributed by atoms with E-state index in [0.29, 0.717) is 19.7 Å². The van der Waals surface area contributed by atoms with Gasteiger partial charge in [0.25, 0.3) is 0 Å². The summed E-state index contributed by atoms with van der Waals surface area (Å²) >= 11 is 0. The van der Waals surface area contributed by atoms with Crippen LogP contribution in [0.4, 0.5) is 0 Å². The van der Waals surface area contributed by atoms with Crippen molar-refractivity contribution in [1.29, 1.82) is 0 Å². The number of hydrogen-bond acceptors (Lipinski definition) is 4. The summed E-state index contributed by atoms with van der Waals surface area (Å²) in [5.41, 5.74) is 5.55. The molecule has 5 rings (SSSR count). The van der Waals surface area contributed by atoms with E-state index in [-0.39, 0.29) is 17.7 Å². The normalized spacial score (nSPS) is 19.1. The lowest BCUT2D eigenvalue weighted by molar-refractivity contribution is -0.144. The number of hydrogen-bond donors (Lipinski definition) is 2. The molecule has 2 N–H and O–H groups in total. The van der Waals surface area contributed by atoms with Gasteiger partial charge in [0, 0.05) is 29.7 Å². The van der Waals surface area contributed by atoms with Crippen LogP contribution in [0.3, 0.4) is 0 Å². The zero-order valence-electron chi connectivity index (χ0n) is 16.1. The number of H-pyrrole nitrogens is 1. The van der Waals surface area contributed by atoms with E-state index in [4.69, 9.17) is 4.74 Å². The van der Waals surface area contributed by atoms with Gasteiger partial charge in [-0.05, 0) is 42.7 Å². The predicted molar refractivity (Wildman–Crippen MR) is 109 cm³/mol.